The third-order valence-electron chi connectivity index (χ3n) is 3.63. The number of halogens is 2. The van der Waals surface area contributed by atoms with E-state index in [0.717, 1.165) is 31.7 Å². The molecular formula is C14H17F2NO. The fourth-order valence-corrected chi connectivity index (χ4v) is 2.56. The first-order chi connectivity index (χ1) is 8.59. The van der Waals surface area contributed by atoms with Gasteiger partial charge in [0.15, 0.2) is 11.6 Å². The minimum absolute atomic E-state index is 0.0675. The van der Waals surface area contributed by atoms with Gasteiger partial charge in [0.25, 0.3) is 0 Å². The van der Waals surface area contributed by atoms with E-state index in [1.165, 1.54) is 12.1 Å². The lowest BCUT2D eigenvalue weighted by Crippen LogP contribution is -2.38. The van der Waals surface area contributed by atoms with Gasteiger partial charge in [-0.3, -0.25) is 4.79 Å². The zero-order valence-corrected chi connectivity index (χ0v) is 10.2. The molecule has 0 radical (unpaired) electrons. The number of nitrogens with two attached hydrogens (primary N) is 1. The highest BCUT2D eigenvalue weighted by Crippen LogP contribution is 2.25. The van der Waals surface area contributed by atoms with Crippen molar-refractivity contribution in [2.45, 2.75) is 38.1 Å². The molecule has 2 unspecified atom stereocenters. The number of rotatable bonds is 3. The van der Waals surface area contributed by atoms with Crippen LogP contribution in [0.2, 0.25) is 0 Å². The second-order valence-corrected chi connectivity index (χ2v) is 4.91. The van der Waals surface area contributed by atoms with Crippen molar-refractivity contribution in [2.75, 3.05) is 0 Å². The van der Waals surface area contributed by atoms with Crippen LogP contribution in [0.4, 0.5) is 8.78 Å². The number of carbonyl (C=O) groups excluding carboxylic acids is 1. The van der Waals surface area contributed by atoms with Crippen LogP contribution in [-0.4, -0.2) is 11.8 Å². The van der Waals surface area contributed by atoms with E-state index in [4.69, 9.17) is 5.73 Å². The molecule has 1 saturated carbocycles. The first kappa shape index (κ1) is 13.1. The van der Waals surface area contributed by atoms with Crippen molar-refractivity contribution in [2.24, 2.45) is 11.7 Å². The first-order valence-corrected chi connectivity index (χ1v) is 6.31. The molecule has 0 bridgehead atoms. The summed E-state index contributed by atoms with van der Waals surface area (Å²) in [6.07, 6.45) is 3.55. The molecule has 1 aliphatic rings. The molecule has 2 atom stereocenters. The Morgan fingerprint density at radius 2 is 2.00 bits per heavy atom. The standard InChI is InChI=1S/C14H17F2NO/c15-11-6-3-4-9(14(11)16)8-13(18)10-5-1-2-7-12(10)17/h3-4,6,10,12H,1-2,5,7-8,17H2. The van der Waals surface area contributed by atoms with Gasteiger partial charge in [0.1, 0.15) is 5.78 Å². The molecule has 1 aliphatic carbocycles. The molecule has 0 saturated heterocycles. The highest BCUT2D eigenvalue weighted by molar-refractivity contribution is 5.84. The van der Waals surface area contributed by atoms with Gasteiger partial charge in [-0.2, -0.15) is 0 Å². The van der Waals surface area contributed by atoms with E-state index in [1.54, 1.807) is 0 Å². The summed E-state index contributed by atoms with van der Waals surface area (Å²) in [5.41, 5.74) is 6.04. The predicted octanol–water partition coefficient (Wildman–Crippen LogP) is 2.59. The Labute approximate surface area is 105 Å². The van der Waals surface area contributed by atoms with E-state index >= 15 is 0 Å². The summed E-state index contributed by atoms with van der Waals surface area (Å²) >= 11 is 0. The SMILES string of the molecule is NC1CCCCC1C(=O)Cc1cccc(F)c1F. The van der Waals surface area contributed by atoms with Gasteiger partial charge in [-0.25, -0.2) is 8.78 Å². The fourth-order valence-electron chi connectivity index (χ4n) is 2.56. The van der Waals surface area contributed by atoms with Crippen molar-refractivity contribution in [3.63, 3.8) is 0 Å². The third-order valence-corrected chi connectivity index (χ3v) is 3.63. The Bertz CT molecular complexity index is 447. The average molecular weight is 253 g/mol. The third kappa shape index (κ3) is 2.75. The molecule has 1 aromatic rings. The van der Waals surface area contributed by atoms with Gasteiger partial charge in [0, 0.05) is 18.4 Å². The van der Waals surface area contributed by atoms with Crippen molar-refractivity contribution in [1.82, 2.24) is 0 Å². The number of carbonyl (C=O) groups is 1. The van der Waals surface area contributed by atoms with E-state index < -0.39 is 11.6 Å². The normalized spacial score (nSPS) is 23.9. The molecule has 2 rings (SSSR count). The van der Waals surface area contributed by atoms with Gasteiger partial charge >= 0.3 is 0 Å². The minimum atomic E-state index is -0.921. The van der Waals surface area contributed by atoms with Crippen LogP contribution in [0.5, 0.6) is 0 Å². The molecule has 2 nitrogen and oxygen atoms in total. The highest BCUT2D eigenvalue weighted by Gasteiger charge is 2.28. The average Bonchev–Trinajstić information content (AvgIpc) is 2.35. The van der Waals surface area contributed by atoms with Crippen LogP contribution in [0.25, 0.3) is 0 Å². The van der Waals surface area contributed by atoms with E-state index in [0.29, 0.717) is 0 Å². The van der Waals surface area contributed by atoms with Crippen LogP contribution < -0.4 is 5.73 Å². The van der Waals surface area contributed by atoms with Gasteiger partial charge in [0.05, 0.1) is 0 Å². The van der Waals surface area contributed by atoms with Crippen molar-refractivity contribution in [3.05, 3.63) is 35.4 Å². The van der Waals surface area contributed by atoms with Gasteiger partial charge in [0.2, 0.25) is 0 Å². The summed E-state index contributed by atoms with van der Waals surface area (Å²) in [7, 11) is 0. The molecule has 2 N–H and O–H groups in total. The predicted molar refractivity (Wildman–Crippen MR) is 65.0 cm³/mol. The van der Waals surface area contributed by atoms with Crippen molar-refractivity contribution in [3.8, 4) is 0 Å². The monoisotopic (exact) mass is 253 g/mol. The van der Waals surface area contributed by atoms with E-state index in [9.17, 15) is 13.6 Å². The maximum Gasteiger partial charge on any atom is 0.162 e. The second-order valence-electron chi connectivity index (χ2n) is 4.91. The van der Waals surface area contributed by atoms with Gasteiger partial charge in [-0.05, 0) is 24.5 Å². The molecular weight excluding hydrogens is 236 g/mol. The summed E-state index contributed by atoms with van der Waals surface area (Å²) in [6, 6.07) is 3.78. The smallest absolute Gasteiger partial charge is 0.162 e. The Kier molecular flexibility index (Phi) is 4.07. The highest BCUT2D eigenvalue weighted by atomic mass is 19.2. The summed E-state index contributed by atoms with van der Waals surface area (Å²) < 4.78 is 26.5. The van der Waals surface area contributed by atoms with Crippen molar-refractivity contribution in [1.29, 1.82) is 0 Å². The largest absolute Gasteiger partial charge is 0.327 e. The van der Waals surface area contributed by atoms with Crippen LogP contribution >= 0.6 is 0 Å². The zero-order valence-electron chi connectivity index (χ0n) is 10.2. The molecule has 0 amide bonds. The topological polar surface area (TPSA) is 43.1 Å². The minimum Gasteiger partial charge on any atom is -0.327 e. The van der Waals surface area contributed by atoms with Crippen molar-refractivity contribution >= 4 is 5.78 Å². The number of ketones is 1. The summed E-state index contributed by atoms with van der Waals surface area (Å²) in [6.45, 7) is 0. The summed E-state index contributed by atoms with van der Waals surface area (Å²) in [5.74, 6) is -2.11. The lowest BCUT2D eigenvalue weighted by atomic mass is 9.80. The van der Waals surface area contributed by atoms with Crippen LogP contribution in [0.3, 0.4) is 0 Å². The van der Waals surface area contributed by atoms with Gasteiger partial charge < -0.3 is 5.73 Å². The Balaban J connectivity index is 2.09. The van der Waals surface area contributed by atoms with Gasteiger partial charge in [-0.1, -0.05) is 25.0 Å². The molecule has 0 spiro atoms. The molecule has 4 heteroatoms. The maximum absolute atomic E-state index is 13.5. The lowest BCUT2D eigenvalue weighted by Gasteiger charge is -2.27. The van der Waals surface area contributed by atoms with Gasteiger partial charge in [-0.15, -0.1) is 0 Å². The Morgan fingerprint density at radius 1 is 1.28 bits per heavy atom. The second kappa shape index (κ2) is 5.57. The van der Waals surface area contributed by atoms with E-state index in [1.807, 2.05) is 0 Å². The Morgan fingerprint density at radius 3 is 2.72 bits per heavy atom. The number of Topliss-reactive ketones (excluding diaryl/α,β-unsaturated/α-hetero) is 1. The zero-order chi connectivity index (χ0) is 13.1. The Hall–Kier alpha value is -1.29. The van der Waals surface area contributed by atoms with Crippen LogP contribution in [0.15, 0.2) is 18.2 Å². The van der Waals surface area contributed by atoms with Crippen LogP contribution in [-0.2, 0) is 11.2 Å². The first-order valence-electron chi connectivity index (χ1n) is 6.31. The van der Waals surface area contributed by atoms with Crippen LogP contribution in [0, 0.1) is 17.6 Å². The number of benzene rings is 1. The quantitative estimate of drug-likeness (QED) is 0.899. The molecule has 18 heavy (non-hydrogen) atoms. The lowest BCUT2D eigenvalue weighted by molar-refractivity contribution is -0.123. The molecule has 98 valence electrons. The molecule has 1 fully saturated rings. The maximum atomic E-state index is 13.5. The number of hydrogen-bond donors (Lipinski definition) is 1. The van der Waals surface area contributed by atoms with Crippen LogP contribution in [0.1, 0.15) is 31.2 Å². The van der Waals surface area contributed by atoms with E-state index in [-0.39, 0.29) is 29.7 Å². The molecule has 0 aliphatic heterocycles. The summed E-state index contributed by atoms with van der Waals surface area (Å²) in [4.78, 5) is 12.1. The molecule has 0 heterocycles. The van der Waals surface area contributed by atoms with Crippen molar-refractivity contribution < 1.29 is 13.6 Å². The van der Waals surface area contributed by atoms with E-state index in [2.05, 4.69) is 0 Å². The molecule has 1 aromatic carbocycles. The summed E-state index contributed by atoms with van der Waals surface area (Å²) in [5, 5.41) is 0. The molecule has 0 aromatic heterocycles. The fraction of sp³-hybridized carbons (Fsp3) is 0.500. The number of hydrogen-bond acceptors (Lipinski definition) is 2.